The summed E-state index contributed by atoms with van der Waals surface area (Å²) in [7, 11) is -3.29. The number of rotatable bonds is 5. The van der Waals surface area contributed by atoms with Crippen molar-refractivity contribution in [3.05, 3.63) is 28.2 Å². The number of hydrogen-bond donors (Lipinski definition) is 2. The summed E-state index contributed by atoms with van der Waals surface area (Å²) in [4.78, 5) is 0. The summed E-state index contributed by atoms with van der Waals surface area (Å²) in [6.45, 7) is 2.93. The Labute approximate surface area is 123 Å². The smallest absolute Gasteiger partial charge is 0.234 e. The number of sulfonamides is 1. The molecular weight excluding hydrogens is 328 g/mol. The molecule has 1 saturated heterocycles. The summed E-state index contributed by atoms with van der Waals surface area (Å²) in [6, 6.07) is 5.69. The second-order valence-corrected chi connectivity index (χ2v) is 7.51. The van der Waals surface area contributed by atoms with Gasteiger partial charge in [0.15, 0.2) is 0 Å². The first kappa shape index (κ1) is 14.8. The summed E-state index contributed by atoms with van der Waals surface area (Å²) < 4.78 is 28.0. The van der Waals surface area contributed by atoms with Crippen molar-refractivity contribution < 1.29 is 8.42 Å². The molecular formula is C13H19BrN2O2S. The molecule has 0 aliphatic carbocycles. The maximum atomic E-state index is 12.1. The topological polar surface area (TPSA) is 58.2 Å². The van der Waals surface area contributed by atoms with Gasteiger partial charge in [-0.2, -0.15) is 0 Å². The summed E-state index contributed by atoms with van der Waals surface area (Å²) >= 11 is 3.40. The predicted molar refractivity (Wildman–Crippen MR) is 82.0 cm³/mol. The summed E-state index contributed by atoms with van der Waals surface area (Å²) in [6.07, 6.45) is 2.78. The van der Waals surface area contributed by atoms with Crippen molar-refractivity contribution in [1.29, 1.82) is 0 Å². The SMILES string of the molecule is CCc1cc(Br)ccc1NS(=O)(=O)CC1CCCN1. The Morgan fingerprint density at radius 3 is 2.89 bits per heavy atom. The monoisotopic (exact) mass is 346 g/mol. The van der Waals surface area contributed by atoms with E-state index < -0.39 is 10.0 Å². The van der Waals surface area contributed by atoms with Crippen LogP contribution in [0, 0.1) is 0 Å². The molecule has 0 bridgehead atoms. The Kier molecular flexibility index (Phi) is 4.86. The molecule has 1 aromatic rings. The largest absolute Gasteiger partial charge is 0.313 e. The Bertz CT molecular complexity index is 540. The Morgan fingerprint density at radius 2 is 2.26 bits per heavy atom. The number of hydrogen-bond acceptors (Lipinski definition) is 3. The van der Waals surface area contributed by atoms with E-state index in [0.717, 1.165) is 35.8 Å². The number of anilines is 1. The molecule has 0 amide bonds. The molecule has 1 aliphatic heterocycles. The van der Waals surface area contributed by atoms with E-state index in [1.807, 2.05) is 25.1 Å². The van der Waals surface area contributed by atoms with Crippen molar-refractivity contribution in [3.63, 3.8) is 0 Å². The van der Waals surface area contributed by atoms with Crippen molar-refractivity contribution >= 4 is 31.6 Å². The second kappa shape index (κ2) is 6.24. The zero-order chi connectivity index (χ0) is 13.9. The molecule has 1 heterocycles. The van der Waals surface area contributed by atoms with Crippen LogP contribution in [0.15, 0.2) is 22.7 Å². The number of aryl methyl sites for hydroxylation is 1. The number of halogens is 1. The lowest BCUT2D eigenvalue weighted by atomic mass is 10.1. The van der Waals surface area contributed by atoms with Crippen LogP contribution in [-0.4, -0.2) is 26.8 Å². The van der Waals surface area contributed by atoms with Gasteiger partial charge in [-0.1, -0.05) is 22.9 Å². The van der Waals surface area contributed by atoms with Crippen LogP contribution in [0.1, 0.15) is 25.3 Å². The first-order chi connectivity index (χ1) is 9.00. The van der Waals surface area contributed by atoms with E-state index >= 15 is 0 Å². The summed E-state index contributed by atoms with van der Waals surface area (Å²) in [5, 5.41) is 3.21. The maximum absolute atomic E-state index is 12.1. The molecule has 1 aliphatic rings. The third kappa shape index (κ3) is 4.19. The minimum absolute atomic E-state index is 0.0815. The fourth-order valence-corrected chi connectivity index (χ4v) is 4.17. The van der Waals surface area contributed by atoms with Gasteiger partial charge in [0, 0.05) is 10.5 Å². The van der Waals surface area contributed by atoms with E-state index in [0.29, 0.717) is 5.69 Å². The molecule has 2 N–H and O–H groups in total. The molecule has 0 aromatic heterocycles. The van der Waals surface area contributed by atoms with E-state index in [4.69, 9.17) is 0 Å². The highest BCUT2D eigenvalue weighted by Crippen LogP contribution is 2.23. The number of nitrogens with one attached hydrogen (secondary N) is 2. The first-order valence-electron chi connectivity index (χ1n) is 6.52. The molecule has 1 atom stereocenters. The van der Waals surface area contributed by atoms with Crippen LogP contribution in [0.25, 0.3) is 0 Å². The van der Waals surface area contributed by atoms with Gasteiger partial charge in [0.1, 0.15) is 0 Å². The highest BCUT2D eigenvalue weighted by molar-refractivity contribution is 9.10. The van der Waals surface area contributed by atoms with Gasteiger partial charge in [0.05, 0.1) is 11.4 Å². The first-order valence-corrected chi connectivity index (χ1v) is 8.97. The van der Waals surface area contributed by atoms with Gasteiger partial charge >= 0.3 is 0 Å². The summed E-state index contributed by atoms with van der Waals surface area (Å²) in [5.74, 6) is 0.145. The van der Waals surface area contributed by atoms with E-state index in [1.165, 1.54) is 0 Å². The lowest BCUT2D eigenvalue weighted by Gasteiger charge is -2.15. The van der Waals surface area contributed by atoms with E-state index in [-0.39, 0.29) is 11.8 Å². The Hall–Kier alpha value is -0.590. The molecule has 0 spiro atoms. The zero-order valence-electron chi connectivity index (χ0n) is 10.9. The van der Waals surface area contributed by atoms with Crippen LogP contribution in [0.5, 0.6) is 0 Å². The highest BCUT2D eigenvalue weighted by atomic mass is 79.9. The van der Waals surface area contributed by atoms with Crippen molar-refractivity contribution in [2.75, 3.05) is 17.0 Å². The molecule has 1 fully saturated rings. The van der Waals surface area contributed by atoms with Gasteiger partial charge in [-0.05, 0) is 49.6 Å². The molecule has 1 aromatic carbocycles. The Balaban J connectivity index is 2.10. The molecule has 106 valence electrons. The molecule has 4 nitrogen and oxygen atoms in total. The van der Waals surface area contributed by atoms with Crippen molar-refractivity contribution in [2.45, 2.75) is 32.2 Å². The van der Waals surface area contributed by atoms with Gasteiger partial charge in [-0.25, -0.2) is 8.42 Å². The van der Waals surface area contributed by atoms with E-state index in [2.05, 4.69) is 26.0 Å². The van der Waals surface area contributed by atoms with Crippen LogP contribution in [-0.2, 0) is 16.4 Å². The fraction of sp³-hybridized carbons (Fsp3) is 0.538. The van der Waals surface area contributed by atoms with Crippen LogP contribution in [0.3, 0.4) is 0 Å². The van der Waals surface area contributed by atoms with E-state index in [1.54, 1.807) is 0 Å². The normalized spacial score (nSPS) is 19.6. The zero-order valence-corrected chi connectivity index (χ0v) is 13.4. The minimum Gasteiger partial charge on any atom is -0.313 e. The highest BCUT2D eigenvalue weighted by Gasteiger charge is 2.22. The maximum Gasteiger partial charge on any atom is 0.234 e. The molecule has 19 heavy (non-hydrogen) atoms. The second-order valence-electron chi connectivity index (χ2n) is 4.83. The fourth-order valence-electron chi connectivity index (χ4n) is 2.33. The van der Waals surface area contributed by atoms with Gasteiger partial charge in [0.2, 0.25) is 10.0 Å². The van der Waals surface area contributed by atoms with Crippen molar-refractivity contribution in [3.8, 4) is 0 Å². The minimum atomic E-state index is -3.29. The summed E-state index contributed by atoms with van der Waals surface area (Å²) in [5.41, 5.74) is 1.68. The lowest BCUT2D eigenvalue weighted by Crippen LogP contribution is -2.33. The third-order valence-corrected chi connectivity index (χ3v) is 5.16. The van der Waals surface area contributed by atoms with Gasteiger partial charge in [-0.3, -0.25) is 4.72 Å². The van der Waals surface area contributed by atoms with Gasteiger partial charge < -0.3 is 5.32 Å². The molecule has 1 unspecified atom stereocenters. The Morgan fingerprint density at radius 1 is 1.47 bits per heavy atom. The average Bonchev–Trinajstić information content (AvgIpc) is 2.83. The number of benzene rings is 1. The van der Waals surface area contributed by atoms with E-state index in [9.17, 15) is 8.42 Å². The molecule has 6 heteroatoms. The van der Waals surface area contributed by atoms with Gasteiger partial charge in [-0.15, -0.1) is 0 Å². The molecule has 0 saturated carbocycles. The van der Waals surface area contributed by atoms with Crippen molar-refractivity contribution in [1.82, 2.24) is 5.32 Å². The van der Waals surface area contributed by atoms with Crippen LogP contribution >= 0.6 is 15.9 Å². The standard InChI is InChI=1S/C13H19BrN2O2S/c1-2-10-8-11(14)5-6-13(10)16-19(17,18)9-12-4-3-7-15-12/h5-6,8,12,15-16H,2-4,7,9H2,1H3. The van der Waals surface area contributed by atoms with Gasteiger partial charge in [0.25, 0.3) is 0 Å². The van der Waals surface area contributed by atoms with Crippen molar-refractivity contribution in [2.24, 2.45) is 0 Å². The average molecular weight is 347 g/mol. The third-order valence-electron chi connectivity index (χ3n) is 3.30. The van der Waals surface area contributed by atoms with Crippen LogP contribution in [0.2, 0.25) is 0 Å². The van der Waals surface area contributed by atoms with Crippen LogP contribution < -0.4 is 10.0 Å². The van der Waals surface area contributed by atoms with Crippen LogP contribution in [0.4, 0.5) is 5.69 Å². The molecule has 0 radical (unpaired) electrons. The quantitative estimate of drug-likeness (QED) is 0.861. The lowest BCUT2D eigenvalue weighted by molar-refractivity contribution is 0.581. The predicted octanol–water partition coefficient (Wildman–Crippen LogP) is 2.51. The molecule has 2 rings (SSSR count).